The molecule has 0 amide bonds. The number of halogens is 12. The fourth-order valence-electron chi connectivity index (χ4n) is 2.62. The molecule has 0 rings (SSSR count). The largest absolute Gasteiger partial charge is 0.443 e. The van der Waals surface area contributed by atoms with Crippen molar-refractivity contribution in [1.29, 1.82) is 0 Å². The van der Waals surface area contributed by atoms with Gasteiger partial charge < -0.3 is 9.47 Å². The van der Waals surface area contributed by atoms with Crippen LogP contribution in [0.3, 0.4) is 0 Å². The van der Waals surface area contributed by atoms with Crippen LogP contribution in [-0.2, 0) is 19.1 Å². The first-order chi connectivity index (χ1) is 15.3. The molecular formula is C18H22F12O4. The van der Waals surface area contributed by atoms with E-state index in [2.05, 4.69) is 9.47 Å². The lowest BCUT2D eigenvalue weighted by Gasteiger charge is -2.22. The summed E-state index contributed by atoms with van der Waals surface area (Å²) < 4.78 is 154. The molecule has 16 heteroatoms. The van der Waals surface area contributed by atoms with Gasteiger partial charge in [0.1, 0.15) is 0 Å². The Balaban J connectivity index is 3.96. The van der Waals surface area contributed by atoms with E-state index in [1.54, 1.807) is 0 Å². The van der Waals surface area contributed by atoms with Gasteiger partial charge in [-0.05, 0) is 12.8 Å². The van der Waals surface area contributed by atoms with E-state index in [1.165, 1.54) is 0 Å². The maximum atomic E-state index is 12.3. The number of rotatable bonds is 13. The van der Waals surface area contributed by atoms with Crippen LogP contribution < -0.4 is 0 Å². The highest BCUT2D eigenvalue weighted by Crippen LogP contribution is 2.37. The Bertz CT molecular complexity index is 540. The zero-order valence-electron chi connectivity index (χ0n) is 17.4. The van der Waals surface area contributed by atoms with Crippen LogP contribution in [0.25, 0.3) is 0 Å². The molecule has 0 heterocycles. The highest BCUT2D eigenvalue weighted by atomic mass is 19.4. The average Bonchev–Trinajstić information content (AvgIpc) is 2.62. The summed E-state index contributed by atoms with van der Waals surface area (Å²) in [5, 5.41) is 0. The van der Waals surface area contributed by atoms with E-state index in [9.17, 15) is 62.3 Å². The first kappa shape index (κ1) is 32.1. The average molecular weight is 530 g/mol. The molecule has 0 radical (unpaired) electrons. The smallest absolute Gasteiger partial charge is 0.434 e. The van der Waals surface area contributed by atoms with Crippen molar-refractivity contribution in [3.63, 3.8) is 0 Å². The Morgan fingerprint density at radius 3 is 0.853 bits per heavy atom. The van der Waals surface area contributed by atoms with Crippen LogP contribution in [-0.4, -0.2) is 48.9 Å². The fraction of sp³-hybridized carbons (Fsp3) is 0.889. The minimum Gasteiger partial charge on any atom is -0.443 e. The summed E-state index contributed by atoms with van der Waals surface area (Å²) in [4.78, 5) is 22.4. The molecule has 0 aromatic rings. The van der Waals surface area contributed by atoms with Crippen LogP contribution in [0.15, 0.2) is 0 Å². The number of ether oxygens (including phenoxy) is 2. The van der Waals surface area contributed by atoms with E-state index >= 15 is 0 Å². The van der Waals surface area contributed by atoms with Gasteiger partial charge in [0.2, 0.25) is 0 Å². The number of carbonyl (C=O) groups is 2. The van der Waals surface area contributed by atoms with E-state index in [0.717, 1.165) is 0 Å². The number of hydrogen-bond acceptors (Lipinski definition) is 4. The molecule has 0 aliphatic rings. The van der Waals surface area contributed by atoms with Crippen molar-refractivity contribution in [3.05, 3.63) is 0 Å². The Morgan fingerprint density at radius 2 is 0.647 bits per heavy atom. The maximum absolute atomic E-state index is 12.3. The Labute approximate surface area is 185 Å². The van der Waals surface area contributed by atoms with Crippen molar-refractivity contribution in [2.45, 2.75) is 101 Å². The second-order valence-corrected chi connectivity index (χ2v) is 7.23. The van der Waals surface area contributed by atoms with Gasteiger partial charge in [-0.15, -0.1) is 0 Å². The summed E-state index contributed by atoms with van der Waals surface area (Å²) in [6.45, 7) is 0. The van der Waals surface area contributed by atoms with Gasteiger partial charge >= 0.3 is 36.6 Å². The van der Waals surface area contributed by atoms with Gasteiger partial charge in [-0.25, -0.2) is 0 Å². The lowest BCUT2D eigenvalue weighted by atomic mass is 10.1. The van der Waals surface area contributed by atoms with Crippen LogP contribution in [0, 0.1) is 0 Å². The predicted molar refractivity (Wildman–Crippen MR) is 90.2 cm³/mol. The zero-order chi connectivity index (χ0) is 26.8. The van der Waals surface area contributed by atoms with Crippen molar-refractivity contribution >= 4 is 11.9 Å². The molecule has 0 saturated carbocycles. The van der Waals surface area contributed by atoms with E-state index < -0.39 is 61.7 Å². The molecule has 0 N–H and O–H groups in total. The quantitative estimate of drug-likeness (QED) is 0.147. The summed E-state index contributed by atoms with van der Waals surface area (Å²) >= 11 is 0. The molecule has 4 nitrogen and oxygen atoms in total. The summed E-state index contributed by atoms with van der Waals surface area (Å²) in [5.41, 5.74) is 0. The summed E-state index contributed by atoms with van der Waals surface area (Å²) in [5.74, 6) is -3.30. The van der Waals surface area contributed by atoms with Gasteiger partial charge in [0.05, 0.1) is 0 Å². The molecule has 0 aromatic carbocycles. The Kier molecular flexibility index (Phi) is 12.5. The second kappa shape index (κ2) is 13.3. The lowest BCUT2D eigenvalue weighted by molar-refractivity contribution is -0.314. The molecule has 34 heavy (non-hydrogen) atoms. The highest BCUT2D eigenvalue weighted by Gasteiger charge is 2.60. The first-order valence-corrected chi connectivity index (χ1v) is 9.92. The standard InChI is InChI=1S/C18H22F12O4/c19-15(20,21)13(16(22,23)24)33-11(31)9-7-5-3-1-2-4-6-8-10-12(32)34-14(17(25,26)27)18(28,29)30/h13-14H,1-10H2. The molecule has 0 aromatic heterocycles. The molecule has 0 bridgehead atoms. The molecule has 0 aliphatic carbocycles. The van der Waals surface area contributed by atoms with Gasteiger partial charge in [-0.1, -0.05) is 38.5 Å². The van der Waals surface area contributed by atoms with E-state index in [4.69, 9.17) is 0 Å². The van der Waals surface area contributed by atoms with Gasteiger partial charge in [0.25, 0.3) is 12.2 Å². The summed E-state index contributed by atoms with van der Waals surface area (Å²) in [6, 6.07) is 0. The topological polar surface area (TPSA) is 52.6 Å². The van der Waals surface area contributed by atoms with Crippen LogP contribution in [0.5, 0.6) is 0 Å². The highest BCUT2D eigenvalue weighted by molar-refractivity contribution is 5.70. The van der Waals surface area contributed by atoms with Gasteiger partial charge in [0.15, 0.2) is 0 Å². The third kappa shape index (κ3) is 13.7. The fourth-order valence-corrected chi connectivity index (χ4v) is 2.62. The minimum atomic E-state index is -5.79. The van der Waals surface area contributed by atoms with E-state index in [-0.39, 0.29) is 12.8 Å². The minimum absolute atomic E-state index is 0.0211. The molecular weight excluding hydrogens is 508 g/mol. The number of esters is 2. The van der Waals surface area contributed by atoms with Crippen LogP contribution in [0.1, 0.15) is 64.2 Å². The third-order valence-electron chi connectivity index (χ3n) is 4.20. The molecule has 0 spiro atoms. The number of unbranched alkanes of at least 4 members (excludes halogenated alkanes) is 7. The molecule has 0 atom stereocenters. The SMILES string of the molecule is O=C(CCCCCCCCCCC(=O)OC(C(F)(F)F)C(F)(F)F)OC(C(F)(F)F)C(F)(F)F. The van der Waals surface area contributed by atoms with Crippen molar-refractivity contribution in [2.24, 2.45) is 0 Å². The third-order valence-corrected chi connectivity index (χ3v) is 4.20. The Hall–Kier alpha value is -1.90. The Morgan fingerprint density at radius 1 is 0.441 bits per heavy atom. The molecule has 0 saturated heterocycles. The monoisotopic (exact) mass is 530 g/mol. The van der Waals surface area contributed by atoms with Crippen LogP contribution in [0.4, 0.5) is 52.7 Å². The van der Waals surface area contributed by atoms with Gasteiger partial charge in [0, 0.05) is 12.8 Å². The van der Waals surface area contributed by atoms with E-state index in [0.29, 0.717) is 38.5 Å². The molecule has 0 aliphatic heterocycles. The van der Waals surface area contributed by atoms with Crippen molar-refractivity contribution < 1.29 is 71.7 Å². The maximum Gasteiger partial charge on any atom is 0.434 e. The van der Waals surface area contributed by atoms with Crippen molar-refractivity contribution in [2.75, 3.05) is 0 Å². The number of carbonyl (C=O) groups excluding carboxylic acids is 2. The van der Waals surface area contributed by atoms with Crippen molar-refractivity contribution in [1.82, 2.24) is 0 Å². The van der Waals surface area contributed by atoms with Gasteiger partial charge in [-0.2, -0.15) is 52.7 Å². The predicted octanol–water partition coefficient (Wildman–Crippen LogP) is 6.96. The van der Waals surface area contributed by atoms with Crippen LogP contribution in [0.2, 0.25) is 0 Å². The number of hydrogen-bond donors (Lipinski definition) is 0. The normalized spacial score (nSPS) is 13.5. The number of alkyl halides is 12. The van der Waals surface area contributed by atoms with Crippen LogP contribution >= 0.6 is 0 Å². The molecule has 202 valence electrons. The van der Waals surface area contributed by atoms with Gasteiger partial charge in [-0.3, -0.25) is 9.59 Å². The first-order valence-electron chi connectivity index (χ1n) is 9.92. The summed E-state index contributed by atoms with van der Waals surface area (Å²) in [7, 11) is 0. The summed E-state index contributed by atoms with van der Waals surface area (Å²) in [6.07, 6.45) is -30.3. The van der Waals surface area contributed by atoms with Crippen molar-refractivity contribution in [3.8, 4) is 0 Å². The molecule has 0 unspecified atom stereocenters. The lowest BCUT2D eigenvalue weighted by Crippen LogP contribution is -2.45. The van der Waals surface area contributed by atoms with E-state index in [1.807, 2.05) is 0 Å². The zero-order valence-corrected chi connectivity index (χ0v) is 17.4. The molecule has 0 fully saturated rings. The second-order valence-electron chi connectivity index (χ2n) is 7.23.